The lowest BCUT2D eigenvalue weighted by atomic mass is 10.0. The van der Waals surface area contributed by atoms with Gasteiger partial charge in [0, 0.05) is 21.7 Å². The van der Waals surface area contributed by atoms with Crippen LogP contribution in [0.1, 0.15) is 23.6 Å². The van der Waals surface area contributed by atoms with Gasteiger partial charge in [-0.15, -0.1) is 0 Å². The number of rotatable bonds is 4. The van der Waals surface area contributed by atoms with Gasteiger partial charge in [-0.3, -0.25) is 4.79 Å². The average Bonchev–Trinajstić information content (AvgIpc) is 3.07. The molecule has 3 rings (SSSR count). The van der Waals surface area contributed by atoms with Gasteiger partial charge in [-0.1, -0.05) is 53.5 Å². The van der Waals surface area contributed by atoms with E-state index in [0.717, 1.165) is 11.1 Å². The Bertz CT molecular complexity index is 749. The summed E-state index contributed by atoms with van der Waals surface area (Å²) in [6, 6.07) is 14.5. The molecule has 1 aliphatic heterocycles. The Balaban J connectivity index is 1.55. The fourth-order valence-electron chi connectivity index (χ4n) is 2.46. The highest BCUT2D eigenvalue weighted by Gasteiger charge is 2.29. The lowest BCUT2D eigenvalue weighted by Gasteiger charge is -2.09. The molecule has 3 N–H and O–H groups in total. The maximum Gasteiger partial charge on any atom is 0.258 e. The molecule has 1 amide bonds. The minimum absolute atomic E-state index is 0.0468. The number of nitrogens with zero attached hydrogens (tertiary/aromatic N) is 1. The standard InChI is InChI=1S/C17H16Cl2N4O/c18-13-7-5-11(6-8-13)15-9-16(22-21-15)17(24)23-20-10-12-3-1-2-4-14(12)19/h1-8,10,15-16,21-22H,9H2,(H,23,24)/b20-10+. The Hall–Kier alpha value is -1.92. The van der Waals surface area contributed by atoms with Crippen molar-refractivity contribution in [2.75, 3.05) is 0 Å². The first-order valence-electron chi connectivity index (χ1n) is 7.47. The van der Waals surface area contributed by atoms with Gasteiger partial charge in [-0.05, 0) is 30.2 Å². The highest BCUT2D eigenvalue weighted by atomic mass is 35.5. The van der Waals surface area contributed by atoms with E-state index >= 15 is 0 Å². The molecule has 7 heteroatoms. The Morgan fingerprint density at radius 3 is 2.62 bits per heavy atom. The third-order valence-corrected chi connectivity index (χ3v) is 4.37. The molecule has 2 unspecified atom stereocenters. The number of benzene rings is 2. The van der Waals surface area contributed by atoms with Crippen molar-refractivity contribution in [1.29, 1.82) is 0 Å². The van der Waals surface area contributed by atoms with Crippen LogP contribution in [0.3, 0.4) is 0 Å². The predicted octanol–water partition coefficient (Wildman–Crippen LogP) is 3.05. The SMILES string of the molecule is O=C(N/N=C/c1ccccc1Cl)C1CC(c2ccc(Cl)cc2)NN1. The first-order valence-corrected chi connectivity index (χ1v) is 8.23. The number of hydrogen-bond donors (Lipinski definition) is 3. The smallest absolute Gasteiger partial charge is 0.258 e. The van der Waals surface area contributed by atoms with E-state index in [1.807, 2.05) is 42.5 Å². The summed E-state index contributed by atoms with van der Waals surface area (Å²) in [6.07, 6.45) is 2.15. The van der Waals surface area contributed by atoms with E-state index in [4.69, 9.17) is 23.2 Å². The van der Waals surface area contributed by atoms with E-state index in [1.54, 1.807) is 6.07 Å². The third kappa shape index (κ3) is 4.13. The van der Waals surface area contributed by atoms with E-state index in [9.17, 15) is 4.79 Å². The molecule has 2 aromatic carbocycles. The molecule has 1 fully saturated rings. The van der Waals surface area contributed by atoms with Gasteiger partial charge in [0.2, 0.25) is 0 Å². The van der Waals surface area contributed by atoms with E-state index in [0.29, 0.717) is 16.5 Å². The number of carbonyl (C=O) groups is 1. The van der Waals surface area contributed by atoms with Crippen molar-refractivity contribution in [1.82, 2.24) is 16.3 Å². The van der Waals surface area contributed by atoms with Gasteiger partial charge in [0.25, 0.3) is 5.91 Å². The van der Waals surface area contributed by atoms with Crippen LogP contribution in [0, 0.1) is 0 Å². The van der Waals surface area contributed by atoms with E-state index < -0.39 is 0 Å². The molecule has 0 aliphatic carbocycles. The summed E-state index contributed by atoms with van der Waals surface area (Å²) in [7, 11) is 0. The largest absolute Gasteiger partial charge is 0.271 e. The first kappa shape index (κ1) is 16.9. The summed E-state index contributed by atoms with van der Waals surface area (Å²) in [6.45, 7) is 0. The topological polar surface area (TPSA) is 65.5 Å². The second-order valence-corrected chi connectivity index (χ2v) is 6.28. The molecule has 0 radical (unpaired) electrons. The Kier molecular flexibility index (Phi) is 5.48. The van der Waals surface area contributed by atoms with Crippen LogP contribution in [0.5, 0.6) is 0 Å². The van der Waals surface area contributed by atoms with Crippen molar-refractivity contribution >= 4 is 35.3 Å². The number of hydrogen-bond acceptors (Lipinski definition) is 4. The van der Waals surface area contributed by atoms with Crippen LogP contribution >= 0.6 is 23.2 Å². The van der Waals surface area contributed by atoms with Crippen molar-refractivity contribution in [3.8, 4) is 0 Å². The average molecular weight is 363 g/mol. The van der Waals surface area contributed by atoms with Crippen molar-refractivity contribution < 1.29 is 4.79 Å². The molecular weight excluding hydrogens is 347 g/mol. The van der Waals surface area contributed by atoms with E-state index in [-0.39, 0.29) is 18.0 Å². The van der Waals surface area contributed by atoms with Crippen molar-refractivity contribution in [3.05, 3.63) is 69.7 Å². The van der Waals surface area contributed by atoms with Crippen LogP contribution in [-0.4, -0.2) is 18.2 Å². The quantitative estimate of drug-likeness (QED) is 0.578. The Labute approximate surface area is 150 Å². The highest BCUT2D eigenvalue weighted by molar-refractivity contribution is 6.33. The number of amides is 1. The van der Waals surface area contributed by atoms with Crippen molar-refractivity contribution in [2.45, 2.75) is 18.5 Å². The van der Waals surface area contributed by atoms with E-state index in [1.165, 1.54) is 6.21 Å². The number of carbonyl (C=O) groups excluding carboxylic acids is 1. The second kappa shape index (κ2) is 7.77. The molecule has 2 atom stereocenters. The summed E-state index contributed by atoms with van der Waals surface area (Å²) < 4.78 is 0. The molecule has 5 nitrogen and oxygen atoms in total. The van der Waals surface area contributed by atoms with Crippen LogP contribution in [-0.2, 0) is 4.79 Å². The summed E-state index contributed by atoms with van der Waals surface area (Å²) in [4.78, 5) is 12.2. The van der Waals surface area contributed by atoms with Gasteiger partial charge >= 0.3 is 0 Å². The molecule has 1 saturated heterocycles. The second-order valence-electron chi connectivity index (χ2n) is 5.44. The molecule has 0 spiro atoms. The molecule has 1 aliphatic rings. The maximum atomic E-state index is 12.2. The molecule has 2 aromatic rings. The van der Waals surface area contributed by atoms with Gasteiger partial charge in [0.05, 0.1) is 6.21 Å². The number of halogens is 2. The van der Waals surface area contributed by atoms with E-state index in [2.05, 4.69) is 21.4 Å². The third-order valence-electron chi connectivity index (χ3n) is 3.78. The van der Waals surface area contributed by atoms with Crippen molar-refractivity contribution in [3.63, 3.8) is 0 Å². The zero-order valence-corrected chi connectivity index (χ0v) is 14.2. The van der Waals surface area contributed by atoms with Gasteiger partial charge in [-0.25, -0.2) is 16.3 Å². The molecular formula is C17H16Cl2N4O. The zero-order chi connectivity index (χ0) is 16.9. The van der Waals surface area contributed by atoms with Gasteiger partial charge < -0.3 is 0 Å². The Morgan fingerprint density at radius 2 is 1.88 bits per heavy atom. The van der Waals surface area contributed by atoms with Crippen LogP contribution in [0.4, 0.5) is 0 Å². The van der Waals surface area contributed by atoms with Gasteiger partial charge in [0.1, 0.15) is 6.04 Å². The minimum Gasteiger partial charge on any atom is -0.271 e. The summed E-state index contributed by atoms with van der Waals surface area (Å²) >= 11 is 11.9. The summed E-state index contributed by atoms with van der Waals surface area (Å²) in [5, 5.41) is 5.23. The Morgan fingerprint density at radius 1 is 1.12 bits per heavy atom. The monoisotopic (exact) mass is 362 g/mol. The number of hydrazone groups is 1. The first-order chi connectivity index (χ1) is 11.6. The van der Waals surface area contributed by atoms with Gasteiger partial charge in [0.15, 0.2) is 0 Å². The zero-order valence-electron chi connectivity index (χ0n) is 12.7. The highest BCUT2D eigenvalue weighted by Crippen LogP contribution is 2.23. The van der Waals surface area contributed by atoms with Crippen LogP contribution < -0.4 is 16.3 Å². The molecule has 0 aromatic heterocycles. The number of nitrogens with one attached hydrogen (secondary N) is 3. The normalized spacial score (nSPS) is 20.4. The van der Waals surface area contributed by atoms with Crippen LogP contribution in [0.25, 0.3) is 0 Å². The lowest BCUT2D eigenvalue weighted by Crippen LogP contribution is -2.41. The fourth-order valence-corrected chi connectivity index (χ4v) is 2.78. The van der Waals surface area contributed by atoms with Gasteiger partial charge in [-0.2, -0.15) is 5.10 Å². The molecule has 0 saturated carbocycles. The van der Waals surface area contributed by atoms with Crippen LogP contribution in [0.2, 0.25) is 10.0 Å². The lowest BCUT2D eigenvalue weighted by molar-refractivity contribution is -0.122. The minimum atomic E-state index is -0.367. The van der Waals surface area contributed by atoms with Crippen LogP contribution in [0.15, 0.2) is 53.6 Å². The fraction of sp³-hybridized carbons (Fsp3) is 0.176. The molecule has 0 bridgehead atoms. The molecule has 1 heterocycles. The number of hydrazine groups is 1. The molecule has 24 heavy (non-hydrogen) atoms. The summed E-state index contributed by atoms with van der Waals surface area (Å²) in [5.41, 5.74) is 10.4. The molecule has 124 valence electrons. The predicted molar refractivity (Wildman–Crippen MR) is 96.1 cm³/mol. The summed E-state index contributed by atoms with van der Waals surface area (Å²) in [5.74, 6) is -0.206. The maximum absolute atomic E-state index is 12.2. The van der Waals surface area contributed by atoms with Crippen molar-refractivity contribution in [2.24, 2.45) is 5.10 Å².